The van der Waals surface area contributed by atoms with E-state index in [0.717, 1.165) is 0 Å². The summed E-state index contributed by atoms with van der Waals surface area (Å²) in [6.45, 7) is 1.67. The lowest BCUT2D eigenvalue weighted by molar-refractivity contribution is -0.117. The number of carbonyl (C=O) groups excluding carboxylic acids is 1. The molecule has 0 radical (unpaired) electrons. The minimum atomic E-state index is -0.458. The van der Waals surface area contributed by atoms with E-state index in [1.54, 1.807) is 0 Å². The molecule has 0 heterocycles. The second kappa shape index (κ2) is 7.59. The molecule has 0 aliphatic rings. The molecule has 0 aliphatic carbocycles. The molecule has 9 heavy (non-hydrogen) atoms. The van der Waals surface area contributed by atoms with Crippen LogP contribution in [0.25, 0.3) is 0 Å². The van der Waals surface area contributed by atoms with E-state index >= 15 is 0 Å². The van der Waals surface area contributed by atoms with Crippen LogP contribution in [0.1, 0.15) is 21.8 Å². The highest BCUT2D eigenvalue weighted by Crippen LogP contribution is 1.72. The molecule has 4 N–H and O–H groups in total. The Kier molecular flexibility index (Phi) is 13.4. The highest BCUT2D eigenvalue weighted by Gasteiger charge is 2.01. The number of hydrogen-bond acceptors (Lipinski definition) is 3. The molecule has 0 aromatic heterocycles. The van der Waals surface area contributed by atoms with Crippen molar-refractivity contribution in [2.45, 2.75) is 27.8 Å². The lowest BCUT2D eigenvalue weighted by Crippen LogP contribution is -2.35. The number of hydrogen-bond donors (Lipinski definition) is 2. The zero-order valence-corrected chi connectivity index (χ0v) is 4.35. The SMILES string of the molecule is C.C.CC(=O)C(N)CN. The first-order valence-electron chi connectivity index (χ1n) is 2.14. The van der Waals surface area contributed by atoms with Crippen LogP contribution >= 0.6 is 0 Å². The molecular formula is C6H18N2O. The van der Waals surface area contributed by atoms with Gasteiger partial charge in [-0.3, -0.25) is 4.79 Å². The Morgan fingerprint density at radius 2 is 1.89 bits per heavy atom. The highest BCUT2D eigenvalue weighted by molar-refractivity contribution is 5.81. The zero-order valence-electron chi connectivity index (χ0n) is 4.35. The van der Waals surface area contributed by atoms with Crippen LogP contribution in [0.5, 0.6) is 0 Å². The molecular weight excluding hydrogens is 116 g/mol. The largest absolute Gasteiger partial charge is 0.328 e. The first-order chi connectivity index (χ1) is 3.18. The average Bonchev–Trinajstić information content (AvgIpc) is 1.65. The van der Waals surface area contributed by atoms with Crippen LogP contribution in [-0.2, 0) is 4.79 Å². The van der Waals surface area contributed by atoms with Gasteiger partial charge in [-0.1, -0.05) is 14.9 Å². The van der Waals surface area contributed by atoms with E-state index in [0.29, 0.717) is 0 Å². The van der Waals surface area contributed by atoms with Crippen LogP contribution in [0.3, 0.4) is 0 Å². The molecule has 0 saturated carbocycles. The summed E-state index contributed by atoms with van der Waals surface area (Å²) in [4.78, 5) is 10.2. The molecule has 0 aromatic carbocycles. The molecule has 3 nitrogen and oxygen atoms in total. The second-order valence-electron chi connectivity index (χ2n) is 1.45. The fourth-order valence-corrected chi connectivity index (χ4v) is 0.166. The van der Waals surface area contributed by atoms with Crippen molar-refractivity contribution in [3.05, 3.63) is 0 Å². The van der Waals surface area contributed by atoms with Crippen molar-refractivity contribution in [1.29, 1.82) is 0 Å². The number of ketones is 1. The van der Waals surface area contributed by atoms with E-state index in [4.69, 9.17) is 11.5 Å². The maximum Gasteiger partial charge on any atom is 0.147 e. The molecule has 1 unspecified atom stereocenters. The van der Waals surface area contributed by atoms with Gasteiger partial charge in [-0.25, -0.2) is 0 Å². The summed E-state index contributed by atoms with van der Waals surface area (Å²) in [5, 5.41) is 0. The van der Waals surface area contributed by atoms with Crippen LogP contribution < -0.4 is 11.5 Å². The summed E-state index contributed by atoms with van der Waals surface area (Å²) in [6, 6.07) is -0.458. The van der Waals surface area contributed by atoms with Gasteiger partial charge in [0.15, 0.2) is 0 Å². The summed E-state index contributed by atoms with van der Waals surface area (Å²) >= 11 is 0. The summed E-state index contributed by atoms with van der Waals surface area (Å²) in [7, 11) is 0. The Morgan fingerprint density at radius 3 is 1.89 bits per heavy atom. The average molecular weight is 134 g/mol. The third kappa shape index (κ3) is 7.59. The van der Waals surface area contributed by atoms with Crippen molar-refractivity contribution < 1.29 is 4.79 Å². The van der Waals surface area contributed by atoms with Crippen LogP contribution in [-0.4, -0.2) is 18.4 Å². The number of rotatable bonds is 2. The van der Waals surface area contributed by atoms with Crippen LogP contribution in [0.2, 0.25) is 0 Å². The van der Waals surface area contributed by atoms with Crippen LogP contribution in [0.4, 0.5) is 0 Å². The van der Waals surface area contributed by atoms with E-state index in [-0.39, 0.29) is 27.2 Å². The third-order valence-corrected chi connectivity index (χ3v) is 0.776. The number of Topliss-reactive ketones (excluding diaryl/α,β-unsaturated/α-hetero) is 1. The Morgan fingerprint density at radius 1 is 1.56 bits per heavy atom. The smallest absolute Gasteiger partial charge is 0.147 e. The zero-order chi connectivity index (χ0) is 5.86. The first kappa shape index (κ1) is 15.8. The van der Waals surface area contributed by atoms with E-state index < -0.39 is 6.04 Å². The van der Waals surface area contributed by atoms with Gasteiger partial charge in [0.2, 0.25) is 0 Å². The van der Waals surface area contributed by atoms with Gasteiger partial charge in [0.05, 0.1) is 6.04 Å². The van der Waals surface area contributed by atoms with E-state index in [1.165, 1.54) is 6.92 Å². The minimum Gasteiger partial charge on any atom is -0.328 e. The quantitative estimate of drug-likeness (QED) is 0.564. The Hall–Kier alpha value is -0.410. The summed E-state index contributed by atoms with van der Waals surface area (Å²) in [5.41, 5.74) is 10.2. The Balaban J connectivity index is -0.000000180. The molecule has 0 saturated heterocycles. The van der Waals surface area contributed by atoms with Crippen molar-refractivity contribution in [1.82, 2.24) is 0 Å². The maximum atomic E-state index is 10.2. The van der Waals surface area contributed by atoms with Gasteiger partial charge in [-0.15, -0.1) is 0 Å². The number of carbonyl (C=O) groups is 1. The van der Waals surface area contributed by atoms with Crippen molar-refractivity contribution in [3.63, 3.8) is 0 Å². The van der Waals surface area contributed by atoms with Gasteiger partial charge in [-0.2, -0.15) is 0 Å². The fraction of sp³-hybridized carbons (Fsp3) is 0.833. The lowest BCUT2D eigenvalue weighted by Gasteiger charge is -1.99. The van der Waals surface area contributed by atoms with E-state index in [1.807, 2.05) is 0 Å². The minimum absolute atomic E-state index is 0. The molecule has 0 rings (SSSR count). The summed E-state index contributed by atoms with van der Waals surface area (Å²) < 4.78 is 0. The molecule has 0 aromatic rings. The van der Waals surface area contributed by atoms with E-state index in [2.05, 4.69) is 0 Å². The summed E-state index contributed by atoms with van der Waals surface area (Å²) in [6.07, 6.45) is 0. The highest BCUT2D eigenvalue weighted by atomic mass is 16.1. The van der Waals surface area contributed by atoms with Gasteiger partial charge >= 0.3 is 0 Å². The van der Waals surface area contributed by atoms with Crippen LogP contribution in [0, 0.1) is 0 Å². The Bertz CT molecular complexity index is 73.5. The molecule has 0 fully saturated rings. The van der Waals surface area contributed by atoms with Gasteiger partial charge < -0.3 is 11.5 Å². The summed E-state index contributed by atoms with van der Waals surface area (Å²) in [5.74, 6) is -0.0532. The topological polar surface area (TPSA) is 69.1 Å². The van der Waals surface area contributed by atoms with Crippen LogP contribution in [0.15, 0.2) is 0 Å². The predicted molar refractivity (Wildman–Crippen MR) is 41.2 cm³/mol. The third-order valence-electron chi connectivity index (χ3n) is 0.776. The van der Waals surface area contributed by atoms with Gasteiger partial charge in [0.1, 0.15) is 5.78 Å². The molecule has 0 aliphatic heterocycles. The van der Waals surface area contributed by atoms with Crippen molar-refractivity contribution in [2.75, 3.05) is 6.54 Å². The normalized spacial score (nSPS) is 10.6. The predicted octanol–water partition coefficient (Wildman–Crippen LogP) is 0.134. The lowest BCUT2D eigenvalue weighted by atomic mass is 10.2. The van der Waals surface area contributed by atoms with Gasteiger partial charge in [-0.05, 0) is 6.92 Å². The van der Waals surface area contributed by atoms with Gasteiger partial charge in [0, 0.05) is 6.54 Å². The van der Waals surface area contributed by atoms with Crippen molar-refractivity contribution in [3.8, 4) is 0 Å². The van der Waals surface area contributed by atoms with Crippen molar-refractivity contribution >= 4 is 5.78 Å². The molecule has 58 valence electrons. The van der Waals surface area contributed by atoms with Gasteiger partial charge in [0.25, 0.3) is 0 Å². The molecule has 0 bridgehead atoms. The monoisotopic (exact) mass is 134 g/mol. The maximum absolute atomic E-state index is 10.2. The van der Waals surface area contributed by atoms with E-state index in [9.17, 15) is 4.79 Å². The molecule has 3 heteroatoms. The molecule has 0 spiro atoms. The molecule has 1 atom stereocenters. The standard InChI is InChI=1S/C4H10N2O.2CH4/c1-3(7)4(6)2-5;;/h4H,2,5-6H2,1H3;2*1H4. The second-order valence-corrected chi connectivity index (χ2v) is 1.45. The molecule has 0 amide bonds. The fourth-order valence-electron chi connectivity index (χ4n) is 0.166. The first-order valence-corrected chi connectivity index (χ1v) is 2.14. The number of nitrogens with two attached hydrogens (primary N) is 2. The van der Waals surface area contributed by atoms with Crippen molar-refractivity contribution in [2.24, 2.45) is 11.5 Å². The Labute approximate surface area is 57.4 Å².